The number of carbonyl (C=O) groups is 7. The van der Waals surface area contributed by atoms with Crippen LogP contribution in [0, 0.1) is 27.9 Å². The van der Waals surface area contributed by atoms with Crippen molar-refractivity contribution in [1.29, 1.82) is 5.41 Å². The summed E-state index contributed by atoms with van der Waals surface area (Å²) < 4.78 is 10.5. The van der Waals surface area contributed by atoms with Crippen molar-refractivity contribution in [1.82, 2.24) is 0 Å². The van der Waals surface area contributed by atoms with Gasteiger partial charge in [0.15, 0.2) is 34.7 Å². The number of hydrogen-bond donors (Lipinski definition) is 8. The van der Waals surface area contributed by atoms with Gasteiger partial charge in [-0.3, -0.25) is 38.9 Å². The maximum Gasteiger partial charge on any atom is 0.343 e. The van der Waals surface area contributed by atoms with Crippen molar-refractivity contribution in [3.8, 4) is 40.2 Å². The maximum atomic E-state index is 12.2. The molecule has 0 fully saturated rings. The molecule has 0 aliphatic heterocycles. The fraction of sp³-hybridized carbons (Fsp3) is 0.156. The standard InChI is InChI=1S/C18H12O4.C12H11NO3.C12H14O3.C11H7NO5.C11H10O3/c1-11-10-14(19)16-13(17(11)20)8-5-9-15(16)22-18(21)12-6-3-2-4-7-12;1-12(6-13)5-9(15)10-7(11(12)16)3-2-4-8(10)14;1-7-6-9(13)11-8(12(7)14)4-3-5-10(11)15-2;1-5-4-8(13)9-6(10(5)14)2-3-7(11(9)15)12(16)17;1-6-5-9(13)10-7(11(6)14)3-2-4-8(10)12/h2-10H,1H3;2-4,6,13-14H,5H2,1H3;3-6,9,12-14H,1-2H3;2-4,15H,1H3;2-5,12-14H,1H3. The summed E-state index contributed by atoms with van der Waals surface area (Å²) in [5.41, 5.74) is 2.49. The summed E-state index contributed by atoms with van der Waals surface area (Å²) >= 11 is 0. The van der Waals surface area contributed by atoms with Crippen LogP contribution in [0.2, 0.25) is 0 Å². The van der Waals surface area contributed by atoms with E-state index in [2.05, 4.69) is 0 Å². The number of benzene rings is 7. The number of fused-ring (bicyclic) bond motifs is 5. The molecule has 0 saturated heterocycles. The Morgan fingerprint density at radius 3 is 1.87 bits per heavy atom. The third-order valence-electron chi connectivity index (χ3n) is 14.0. The van der Waals surface area contributed by atoms with Gasteiger partial charge in [0, 0.05) is 57.5 Å². The van der Waals surface area contributed by atoms with Gasteiger partial charge in [-0.25, -0.2) is 4.79 Å². The quantitative estimate of drug-likeness (QED) is 0.0151. The van der Waals surface area contributed by atoms with Crippen LogP contribution >= 0.6 is 0 Å². The number of esters is 1. The first-order valence-electron chi connectivity index (χ1n) is 25.5. The largest absolute Gasteiger partial charge is 0.507 e. The van der Waals surface area contributed by atoms with Gasteiger partial charge in [0.25, 0.3) is 0 Å². The smallest absolute Gasteiger partial charge is 0.343 e. The molecule has 4 aliphatic carbocycles. The Labute approximate surface area is 478 Å². The SMILES string of the molecule is CC1(C=N)CC(=O)c2c(O)cccc2C1=O.CC1=CC(=O)c2c(OC(=O)c3ccccc3)cccc2C1=O.CC1=CC(=O)c2c(ccc([N+](=O)[O-])c2O)C1=O.COc1cccc2c1C(O)C=C(C)C2O.Cc1cc(O)c2c(O)cccc2c1O. The molecule has 0 saturated carbocycles. The van der Waals surface area contributed by atoms with E-state index in [1.54, 1.807) is 102 Å². The van der Waals surface area contributed by atoms with Crippen LogP contribution in [-0.2, 0) is 0 Å². The van der Waals surface area contributed by atoms with Gasteiger partial charge in [-0.2, -0.15) is 0 Å². The van der Waals surface area contributed by atoms with E-state index in [0.29, 0.717) is 33.4 Å². The Morgan fingerprint density at radius 2 is 1.24 bits per heavy atom. The topological polar surface area (TPSA) is 347 Å². The van der Waals surface area contributed by atoms with Crippen LogP contribution in [0.1, 0.15) is 136 Å². The Bertz CT molecular complexity index is 4020. The first-order chi connectivity index (χ1) is 39.8. The van der Waals surface area contributed by atoms with Crippen LogP contribution < -0.4 is 9.47 Å². The predicted octanol–water partition coefficient (Wildman–Crippen LogP) is 10.7. The number of ketones is 6. The summed E-state index contributed by atoms with van der Waals surface area (Å²) in [7, 11) is 1.56. The molecule has 7 aromatic rings. The van der Waals surface area contributed by atoms with E-state index < -0.39 is 51.5 Å². The molecule has 20 nitrogen and oxygen atoms in total. The van der Waals surface area contributed by atoms with Crippen molar-refractivity contribution in [3.63, 3.8) is 0 Å². The molecule has 428 valence electrons. The fourth-order valence-corrected chi connectivity index (χ4v) is 9.53. The second-order valence-electron chi connectivity index (χ2n) is 19.8. The van der Waals surface area contributed by atoms with Gasteiger partial charge >= 0.3 is 11.7 Å². The van der Waals surface area contributed by atoms with E-state index in [-0.39, 0.29) is 103 Å². The number of phenols is 5. The first-order valence-corrected chi connectivity index (χ1v) is 25.5. The van der Waals surface area contributed by atoms with Crippen molar-refractivity contribution in [2.24, 2.45) is 5.41 Å². The molecule has 11 rings (SSSR count). The van der Waals surface area contributed by atoms with Gasteiger partial charge in [-0.05, 0) is 118 Å². The van der Waals surface area contributed by atoms with Crippen molar-refractivity contribution in [2.75, 3.05) is 7.11 Å². The molecule has 4 aliphatic rings. The molecule has 0 aromatic heterocycles. The van der Waals surface area contributed by atoms with Gasteiger partial charge in [0.2, 0.25) is 5.75 Å². The number of nitro benzene ring substituents is 1. The number of allylic oxidation sites excluding steroid dienone is 4. The Kier molecular flexibility index (Phi) is 18.1. The number of carbonyl (C=O) groups excluding carboxylic acids is 7. The number of methoxy groups -OCH3 is 1. The predicted molar refractivity (Wildman–Crippen MR) is 306 cm³/mol. The number of ether oxygens (including phenoxy) is 2. The molecule has 7 aromatic carbocycles. The van der Waals surface area contributed by atoms with Crippen LogP contribution in [0.15, 0.2) is 156 Å². The summed E-state index contributed by atoms with van der Waals surface area (Å²) in [6, 6.07) is 31.3. The summed E-state index contributed by atoms with van der Waals surface area (Å²) in [5.74, 6) is -2.88. The highest BCUT2D eigenvalue weighted by Gasteiger charge is 2.42. The van der Waals surface area contributed by atoms with Crippen LogP contribution in [0.3, 0.4) is 0 Å². The zero-order valence-electron chi connectivity index (χ0n) is 45.8. The van der Waals surface area contributed by atoms with Gasteiger partial charge in [-0.15, -0.1) is 0 Å². The number of nitro groups is 1. The van der Waals surface area contributed by atoms with Crippen molar-refractivity contribution < 1.29 is 83.7 Å². The normalized spacial score (nSPS) is 17.1. The number of aliphatic hydroxyl groups excluding tert-OH is 2. The molecular formula is C64H54N2O18. The Hall–Kier alpha value is -10.7. The van der Waals surface area contributed by atoms with Gasteiger partial charge in [0.05, 0.1) is 45.1 Å². The minimum atomic E-state index is -1.07. The fourth-order valence-electron chi connectivity index (χ4n) is 9.53. The van der Waals surface area contributed by atoms with Crippen LogP contribution in [-0.4, -0.2) is 94.7 Å². The van der Waals surface area contributed by atoms with E-state index >= 15 is 0 Å². The van der Waals surface area contributed by atoms with Crippen molar-refractivity contribution >= 4 is 63.3 Å². The molecule has 0 amide bonds. The molecule has 0 heterocycles. The zero-order chi connectivity index (χ0) is 61.6. The van der Waals surface area contributed by atoms with Crippen molar-refractivity contribution in [3.05, 3.63) is 222 Å². The average molecular weight is 1140 g/mol. The third-order valence-corrected chi connectivity index (χ3v) is 14.0. The highest BCUT2D eigenvalue weighted by Crippen LogP contribution is 2.42. The lowest BCUT2D eigenvalue weighted by Crippen LogP contribution is -2.37. The number of aryl methyl sites for hydroxylation is 1. The zero-order valence-corrected chi connectivity index (χ0v) is 45.8. The Morgan fingerprint density at radius 1 is 0.667 bits per heavy atom. The molecule has 0 radical (unpaired) electrons. The molecule has 84 heavy (non-hydrogen) atoms. The molecule has 8 N–H and O–H groups in total. The Balaban J connectivity index is 0.000000152. The monoisotopic (exact) mass is 1140 g/mol. The van der Waals surface area contributed by atoms with Crippen LogP contribution in [0.4, 0.5) is 5.69 Å². The number of nitrogens with one attached hydrogen (secondary N) is 1. The van der Waals surface area contributed by atoms with Crippen LogP contribution in [0.25, 0.3) is 10.8 Å². The van der Waals surface area contributed by atoms with Gasteiger partial charge in [0.1, 0.15) is 46.7 Å². The number of rotatable bonds is 5. The minimum absolute atomic E-state index is 0.00176. The van der Waals surface area contributed by atoms with E-state index in [4.69, 9.17) is 14.9 Å². The summed E-state index contributed by atoms with van der Waals surface area (Å²) in [6.07, 6.45) is 3.59. The summed E-state index contributed by atoms with van der Waals surface area (Å²) in [4.78, 5) is 93.4. The van der Waals surface area contributed by atoms with Crippen LogP contribution in [0.5, 0.6) is 40.2 Å². The molecular weight excluding hydrogens is 1080 g/mol. The van der Waals surface area contributed by atoms with E-state index in [0.717, 1.165) is 29.5 Å². The summed E-state index contributed by atoms with van der Waals surface area (Å²) in [6.45, 7) is 8.12. The summed E-state index contributed by atoms with van der Waals surface area (Å²) in [5, 5.41) is 86.4. The highest BCUT2D eigenvalue weighted by atomic mass is 16.6. The molecule has 3 unspecified atom stereocenters. The number of aliphatic hydroxyl groups is 2. The minimum Gasteiger partial charge on any atom is -0.507 e. The van der Waals surface area contributed by atoms with Gasteiger partial charge < -0.3 is 50.6 Å². The number of aromatic hydroxyl groups is 5. The molecule has 20 heteroatoms. The van der Waals surface area contributed by atoms with E-state index in [1.807, 2.05) is 12.1 Å². The molecule has 0 spiro atoms. The van der Waals surface area contributed by atoms with Gasteiger partial charge in [-0.1, -0.05) is 66.7 Å². The lowest BCUT2D eigenvalue weighted by atomic mass is 9.72. The number of hydrogen-bond acceptors (Lipinski definition) is 19. The number of phenolic OH excluding ortho intramolecular Hbond substituents is 5. The molecule has 3 atom stereocenters. The van der Waals surface area contributed by atoms with E-state index in [1.165, 1.54) is 55.5 Å². The average Bonchev–Trinajstić information content (AvgIpc) is 2.06. The third kappa shape index (κ3) is 12.1. The van der Waals surface area contributed by atoms with Crippen molar-refractivity contribution in [2.45, 2.75) is 53.2 Å². The lowest BCUT2D eigenvalue weighted by Gasteiger charge is -2.28. The second-order valence-corrected chi connectivity index (χ2v) is 19.8. The van der Waals surface area contributed by atoms with E-state index in [9.17, 15) is 79.4 Å². The molecule has 0 bridgehead atoms. The number of Topliss-reactive ketones (excluding diaryl/α,β-unsaturated/α-hetero) is 4. The maximum absolute atomic E-state index is 12.2. The first kappa shape index (κ1) is 60.9. The second kappa shape index (κ2) is 25.0. The highest BCUT2D eigenvalue weighted by molar-refractivity contribution is 6.27. The number of nitrogens with zero attached hydrogens (tertiary/aromatic N) is 1. The lowest BCUT2D eigenvalue weighted by molar-refractivity contribution is -0.385.